The van der Waals surface area contributed by atoms with Gasteiger partial charge in [0.1, 0.15) is 5.78 Å². The lowest BCUT2D eigenvalue weighted by atomic mass is 9.89. The summed E-state index contributed by atoms with van der Waals surface area (Å²) in [7, 11) is 0. The number of carbonyl (C=O) groups is 1. The van der Waals surface area contributed by atoms with Crippen molar-refractivity contribution in [2.24, 2.45) is 5.92 Å². The van der Waals surface area contributed by atoms with Gasteiger partial charge in [-0.15, -0.1) is 0 Å². The SMILES string of the molecule is [CH2]c1ccccc1N1CCC(C(=O)Cc2ccccc2)CC1. The van der Waals surface area contributed by atoms with Gasteiger partial charge in [-0.25, -0.2) is 0 Å². The highest BCUT2D eigenvalue weighted by atomic mass is 16.1. The van der Waals surface area contributed by atoms with Crippen LogP contribution in [0.15, 0.2) is 54.6 Å². The van der Waals surface area contributed by atoms with E-state index in [-0.39, 0.29) is 5.92 Å². The van der Waals surface area contributed by atoms with Gasteiger partial charge in [-0.1, -0.05) is 48.5 Å². The monoisotopic (exact) mass is 292 g/mol. The van der Waals surface area contributed by atoms with E-state index in [1.807, 2.05) is 42.5 Å². The number of benzene rings is 2. The lowest BCUT2D eigenvalue weighted by Gasteiger charge is -2.34. The van der Waals surface area contributed by atoms with Crippen LogP contribution in [-0.4, -0.2) is 18.9 Å². The van der Waals surface area contributed by atoms with Gasteiger partial charge in [0.2, 0.25) is 0 Å². The van der Waals surface area contributed by atoms with Crippen molar-refractivity contribution >= 4 is 11.5 Å². The third-order valence-corrected chi connectivity index (χ3v) is 4.50. The van der Waals surface area contributed by atoms with Crippen molar-refractivity contribution in [1.82, 2.24) is 0 Å². The first-order valence-corrected chi connectivity index (χ1v) is 7.96. The molecular weight excluding hydrogens is 270 g/mol. The second-order valence-corrected chi connectivity index (χ2v) is 6.02. The Labute approximate surface area is 132 Å². The minimum Gasteiger partial charge on any atom is -0.371 e. The first-order valence-electron chi connectivity index (χ1n) is 7.96. The maximum absolute atomic E-state index is 12.4. The van der Waals surface area contributed by atoms with E-state index in [0.29, 0.717) is 12.2 Å². The minimum atomic E-state index is 0.202. The van der Waals surface area contributed by atoms with Gasteiger partial charge in [0.25, 0.3) is 0 Å². The highest BCUT2D eigenvalue weighted by Crippen LogP contribution is 2.26. The molecule has 0 bridgehead atoms. The van der Waals surface area contributed by atoms with Gasteiger partial charge in [0, 0.05) is 31.1 Å². The van der Waals surface area contributed by atoms with Crippen LogP contribution in [0.5, 0.6) is 0 Å². The molecule has 0 amide bonds. The Kier molecular flexibility index (Phi) is 4.57. The van der Waals surface area contributed by atoms with Crippen molar-refractivity contribution < 1.29 is 4.79 Å². The van der Waals surface area contributed by atoms with Crippen LogP contribution in [0.25, 0.3) is 0 Å². The lowest BCUT2D eigenvalue weighted by Crippen LogP contribution is -2.37. The van der Waals surface area contributed by atoms with Crippen LogP contribution in [0.2, 0.25) is 0 Å². The van der Waals surface area contributed by atoms with E-state index >= 15 is 0 Å². The zero-order valence-corrected chi connectivity index (χ0v) is 12.9. The quantitative estimate of drug-likeness (QED) is 0.852. The molecule has 0 atom stereocenters. The van der Waals surface area contributed by atoms with Crippen LogP contribution in [0.1, 0.15) is 24.0 Å². The van der Waals surface area contributed by atoms with Crippen molar-refractivity contribution in [3.8, 4) is 0 Å². The summed E-state index contributed by atoms with van der Waals surface area (Å²) in [4.78, 5) is 14.8. The van der Waals surface area contributed by atoms with E-state index in [0.717, 1.165) is 37.1 Å². The Hall–Kier alpha value is -2.09. The minimum absolute atomic E-state index is 0.202. The van der Waals surface area contributed by atoms with E-state index in [4.69, 9.17) is 0 Å². The van der Waals surface area contributed by atoms with E-state index in [2.05, 4.69) is 24.0 Å². The average Bonchev–Trinajstić information content (AvgIpc) is 2.56. The number of anilines is 1. The van der Waals surface area contributed by atoms with Gasteiger partial charge in [-0.05, 0) is 37.0 Å². The summed E-state index contributed by atoms with van der Waals surface area (Å²) in [6, 6.07) is 18.3. The fraction of sp³-hybridized carbons (Fsp3) is 0.300. The fourth-order valence-corrected chi connectivity index (χ4v) is 3.20. The summed E-state index contributed by atoms with van der Waals surface area (Å²) in [6.07, 6.45) is 2.46. The van der Waals surface area contributed by atoms with E-state index in [1.165, 1.54) is 5.69 Å². The Balaban J connectivity index is 1.58. The molecule has 2 aromatic rings. The van der Waals surface area contributed by atoms with Gasteiger partial charge in [0.15, 0.2) is 0 Å². The van der Waals surface area contributed by atoms with Crippen LogP contribution >= 0.6 is 0 Å². The molecule has 0 spiro atoms. The van der Waals surface area contributed by atoms with Crippen molar-refractivity contribution in [2.45, 2.75) is 19.3 Å². The van der Waals surface area contributed by atoms with Crippen molar-refractivity contribution in [3.05, 3.63) is 72.6 Å². The summed E-state index contributed by atoms with van der Waals surface area (Å²) >= 11 is 0. The predicted molar refractivity (Wildman–Crippen MR) is 91.0 cm³/mol. The summed E-state index contributed by atoms with van der Waals surface area (Å²) in [6.45, 7) is 5.98. The normalized spacial score (nSPS) is 15.8. The first kappa shape index (κ1) is 14.8. The molecule has 0 aromatic heterocycles. The second kappa shape index (κ2) is 6.78. The van der Waals surface area contributed by atoms with Crippen LogP contribution in [0.4, 0.5) is 5.69 Å². The molecule has 3 rings (SSSR count). The first-order chi connectivity index (χ1) is 10.7. The van der Waals surface area contributed by atoms with E-state index in [1.54, 1.807) is 0 Å². The number of rotatable bonds is 4. The molecule has 1 saturated heterocycles. The predicted octanol–water partition coefficient (Wildman–Crippen LogP) is 3.90. The fourth-order valence-electron chi connectivity index (χ4n) is 3.20. The molecule has 2 nitrogen and oxygen atoms in total. The van der Waals surface area contributed by atoms with E-state index < -0.39 is 0 Å². The molecule has 0 N–H and O–H groups in total. The number of piperidine rings is 1. The van der Waals surface area contributed by atoms with Crippen LogP contribution < -0.4 is 4.90 Å². The third-order valence-electron chi connectivity index (χ3n) is 4.50. The maximum atomic E-state index is 12.4. The zero-order chi connectivity index (χ0) is 15.4. The highest BCUT2D eigenvalue weighted by molar-refractivity contribution is 5.83. The number of ketones is 1. The molecule has 0 saturated carbocycles. The Morgan fingerprint density at radius 2 is 1.64 bits per heavy atom. The third kappa shape index (κ3) is 3.38. The number of hydrogen-bond donors (Lipinski definition) is 0. The maximum Gasteiger partial charge on any atom is 0.140 e. The van der Waals surface area contributed by atoms with Gasteiger partial charge in [-0.3, -0.25) is 4.79 Å². The largest absolute Gasteiger partial charge is 0.371 e. The molecular formula is C20H22NO. The second-order valence-electron chi connectivity index (χ2n) is 6.02. The van der Waals surface area contributed by atoms with Gasteiger partial charge in [0.05, 0.1) is 0 Å². The van der Waals surface area contributed by atoms with Gasteiger partial charge in [-0.2, -0.15) is 0 Å². The molecule has 113 valence electrons. The van der Waals surface area contributed by atoms with Crippen LogP contribution in [0, 0.1) is 12.8 Å². The number of carbonyl (C=O) groups excluding carboxylic acids is 1. The van der Waals surface area contributed by atoms with Gasteiger partial charge >= 0.3 is 0 Å². The number of para-hydroxylation sites is 1. The Morgan fingerprint density at radius 3 is 2.32 bits per heavy atom. The standard InChI is InChI=1S/C20H22NO/c1-16-7-5-6-10-19(16)21-13-11-18(12-14-21)20(22)15-17-8-3-2-4-9-17/h2-10,18H,1,11-15H2. The molecule has 1 heterocycles. The summed E-state index contributed by atoms with van der Waals surface area (Å²) in [5.41, 5.74) is 3.39. The average molecular weight is 292 g/mol. The van der Waals surface area contributed by atoms with E-state index in [9.17, 15) is 4.79 Å². The van der Waals surface area contributed by atoms with Crippen molar-refractivity contribution in [1.29, 1.82) is 0 Å². The molecule has 1 aliphatic rings. The smallest absolute Gasteiger partial charge is 0.140 e. The molecule has 1 aliphatic heterocycles. The van der Waals surface area contributed by atoms with Crippen LogP contribution in [0.3, 0.4) is 0 Å². The summed E-state index contributed by atoms with van der Waals surface area (Å²) < 4.78 is 0. The van der Waals surface area contributed by atoms with Gasteiger partial charge < -0.3 is 4.90 Å². The summed E-state index contributed by atoms with van der Waals surface area (Å²) in [5.74, 6) is 0.585. The van der Waals surface area contributed by atoms with Crippen LogP contribution in [-0.2, 0) is 11.2 Å². The molecule has 2 heteroatoms. The summed E-state index contributed by atoms with van der Waals surface area (Å²) in [5, 5.41) is 0. The number of Topliss-reactive ketones (excluding diaryl/α,β-unsaturated/α-hetero) is 1. The topological polar surface area (TPSA) is 20.3 Å². The highest BCUT2D eigenvalue weighted by Gasteiger charge is 2.25. The van der Waals surface area contributed by atoms with Crippen molar-refractivity contribution in [3.63, 3.8) is 0 Å². The number of nitrogens with zero attached hydrogens (tertiary/aromatic N) is 1. The Bertz CT molecular complexity index is 627. The molecule has 1 radical (unpaired) electrons. The zero-order valence-electron chi connectivity index (χ0n) is 12.9. The molecule has 2 aromatic carbocycles. The molecule has 1 fully saturated rings. The molecule has 0 unspecified atom stereocenters. The number of hydrogen-bond acceptors (Lipinski definition) is 2. The molecule has 0 aliphatic carbocycles. The molecule has 22 heavy (non-hydrogen) atoms. The Morgan fingerprint density at radius 1 is 1.00 bits per heavy atom. The lowest BCUT2D eigenvalue weighted by molar-refractivity contribution is -0.122. The van der Waals surface area contributed by atoms with Crippen molar-refractivity contribution in [2.75, 3.05) is 18.0 Å².